The third kappa shape index (κ3) is 2.97. The molecule has 126 valence electrons. The van der Waals surface area contributed by atoms with Crippen molar-refractivity contribution in [2.24, 2.45) is 7.05 Å². The van der Waals surface area contributed by atoms with E-state index in [0.29, 0.717) is 23.4 Å². The molecular weight excluding hydrogens is 332 g/mol. The molecule has 25 heavy (non-hydrogen) atoms. The number of nitrogens with zero attached hydrogens (tertiary/aromatic N) is 2. The second kappa shape index (κ2) is 6.96. The Bertz CT molecular complexity index is 945. The van der Waals surface area contributed by atoms with Crippen LogP contribution < -0.4 is 0 Å². The summed E-state index contributed by atoms with van der Waals surface area (Å²) in [6.45, 7) is 3.90. The number of rotatable bonds is 4. The fourth-order valence-corrected chi connectivity index (χ4v) is 3.64. The van der Waals surface area contributed by atoms with Gasteiger partial charge in [0.05, 0.1) is 12.2 Å². The molecule has 0 fully saturated rings. The fraction of sp³-hybridized carbons (Fsp3) is 0.200. The summed E-state index contributed by atoms with van der Waals surface area (Å²) in [7, 11) is 1.78. The van der Waals surface area contributed by atoms with Gasteiger partial charge >= 0.3 is 5.97 Å². The van der Waals surface area contributed by atoms with E-state index >= 15 is 0 Å². The van der Waals surface area contributed by atoms with Gasteiger partial charge < -0.3 is 9.30 Å². The fourth-order valence-electron chi connectivity index (χ4n) is 2.90. The quantitative estimate of drug-likeness (QED) is 0.636. The minimum Gasteiger partial charge on any atom is -0.461 e. The van der Waals surface area contributed by atoms with Crippen molar-refractivity contribution in [2.75, 3.05) is 6.61 Å². The molecule has 0 aliphatic rings. The Morgan fingerprint density at radius 1 is 1.24 bits per heavy atom. The van der Waals surface area contributed by atoms with Crippen LogP contribution in [0.3, 0.4) is 0 Å². The van der Waals surface area contributed by atoms with Crippen LogP contribution in [-0.4, -0.2) is 17.1 Å². The number of carbonyl (C=O) groups excluding carboxylic acids is 1. The molecule has 0 atom stereocenters. The number of ether oxygens (including phenoxy) is 1. The van der Waals surface area contributed by atoms with Gasteiger partial charge in [0.15, 0.2) is 0 Å². The Morgan fingerprint density at radius 3 is 2.48 bits per heavy atom. The van der Waals surface area contributed by atoms with E-state index in [1.807, 2.05) is 42.6 Å². The summed E-state index contributed by atoms with van der Waals surface area (Å²) in [6.07, 6.45) is 0. The zero-order valence-corrected chi connectivity index (χ0v) is 15.2. The van der Waals surface area contributed by atoms with Crippen molar-refractivity contribution < 1.29 is 9.53 Å². The Morgan fingerprint density at radius 2 is 1.92 bits per heavy atom. The molecular formula is C20H18N2O2S. The summed E-state index contributed by atoms with van der Waals surface area (Å²) in [5, 5.41) is 11.6. The molecule has 2 aromatic heterocycles. The first-order chi connectivity index (χ1) is 12.1. The van der Waals surface area contributed by atoms with Gasteiger partial charge in [0.2, 0.25) is 0 Å². The second-order valence-corrected chi connectivity index (χ2v) is 6.58. The van der Waals surface area contributed by atoms with Gasteiger partial charge in [0.25, 0.3) is 0 Å². The molecule has 4 nitrogen and oxygen atoms in total. The largest absolute Gasteiger partial charge is 0.461 e. The molecule has 0 amide bonds. The molecule has 2 heterocycles. The highest BCUT2D eigenvalue weighted by Gasteiger charge is 2.25. The number of hydrogen-bond donors (Lipinski definition) is 0. The molecule has 0 radical (unpaired) electrons. The van der Waals surface area contributed by atoms with E-state index in [9.17, 15) is 10.1 Å². The van der Waals surface area contributed by atoms with Crippen LogP contribution in [0, 0.1) is 18.3 Å². The number of thiophene rings is 1. The molecule has 0 saturated carbocycles. The van der Waals surface area contributed by atoms with E-state index in [2.05, 4.69) is 12.1 Å². The molecule has 3 aromatic rings. The van der Waals surface area contributed by atoms with Crippen molar-refractivity contribution in [3.8, 4) is 27.6 Å². The van der Waals surface area contributed by atoms with Gasteiger partial charge in [-0.25, -0.2) is 4.79 Å². The maximum Gasteiger partial charge on any atom is 0.355 e. The first kappa shape index (κ1) is 17.0. The van der Waals surface area contributed by atoms with Crippen LogP contribution in [0.5, 0.6) is 0 Å². The lowest BCUT2D eigenvalue weighted by Gasteiger charge is -2.08. The summed E-state index contributed by atoms with van der Waals surface area (Å²) in [5.41, 5.74) is 4.27. The Balaban J connectivity index is 2.14. The van der Waals surface area contributed by atoms with E-state index < -0.39 is 5.97 Å². The standard InChI is InChI=1S/C20H18N2O2S/c1-4-24-20(23)19-18(16(12-21)13(2)22(19)3)15-9-7-14(8-10-15)17-6-5-11-25-17/h5-11H,4H2,1-3H3. The van der Waals surface area contributed by atoms with Gasteiger partial charge in [-0.05, 0) is 36.4 Å². The monoisotopic (exact) mass is 350 g/mol. The maximum atomic E-state index is 12.4. The zero-order valence-electron chi connectivity index (χ0n) is 14.4. The lowest BCUT2D eigenvalue weighted by Crippen LogP contribution is -2.11. The first-order valence-corrected chi connectivity index (χ1v) is 8.87. The number of hydrogen-bond acceptors (Lipinski definition) is 4. The molecule has 0 spiro atoms. The minimum absolute atomic E-state index is 0.293. The summed E-state index contributed by atoms with van der Waals surface area (Å²) in [6, 6.07) is 14.2. The smallest absolute Gasteiger partial charge is 0.355 e. The lowest BCUT2D eigenvalue weighted by molar-refractivity contribution is 0.0516. The van der Waals surface area contributed by atoms with Crippen molar-refractivity contribution in [2.45, 2.75) is 13.8 Å². The number of aromatic nitrogens is 1. The number of esters is 1. The molecule has 0 saturated heterocycles. The molecule has 0 bridgehead atoms. The highest BCUT2D eigenvalue weighted by Crippen LogP contribution is 2.34. The number of benzene rings is 1. The summed E-state index contributed by atoms with van der Waals surface area (Å²) < 4.78 is 6.93. The van der Waals surface area contributed by atoms with Gasteiger partial charge in [0, 0.05) is 23.2 Å². The van der Waals surface area contributed by atoms with Crippen LogP contribution in [0.2, 0.25) is 0 Å². The van der Waals surface area contributed by atoms with Gasteiger partial charge in [0.1, 0.15) is 11.8 Å². The summed E-state index contributed by atoms with van der Waals surface area (Å²) >= 11 is 1.68. The molecule has 1 aromatic carbocycles. The predicted molar refractivity (Wildman–Crippen MR) is 99.6 cm³/mol. The number of nitriles is 1. The van der Waals surface area contributed by atoms with Crippen LogP contribution in [0.1, 0.15) is 28.7 Å². The Labute approximate surface area is 150 Å². The van der Waals surface area contributed by atoms with Crippen molar-refractivity contribution >= 4 is 17.3 Å². The van der Waals surface area contributed by atoms with Crippen LogP contribution >= 0.6 is 11.3 Å². The Hall–Kier alpha value is -2.84. The van der Waals surface area contributed by atoms with E-state index in [1.54, 1.807) is 29.9 Å². The van der Waals surface area contributed by atoms with Crippen LogP contribution in [-0.2, 0) is 11.8 Å². The minimum atomic E-state index is -0.410. The summed E-state index contributed by atoms with van der Waals surface area (Å²) in [4.78, 5) is 13.6. The summed E-state index contributed by atoms with van der Waals surface area (Å²) in [5.74, 6) is -0.410. The van der Waals surface area contributed by atoms with Gasteiger partial charge in [-0.1, -0.05) is 30.3 Å². The lowest BCUT2D eigenvalue weighted by atomic mass is 9.99. The molecule has 3 rings (SSSR count). The van der Waals surface area contributed by atoms with E-state index in [1.165, 1.54) is 4.88 Å². The van der Waals surface area contributed by atoms with Crippen molar-refractivity contribution in [1.29, 1.82) is 5.26 Å². The van der Waals surface area contributed by atoms with Crippen LogP contribution in [0.25, 0.3) is 21.6 Å². The Kier molecular flexibility index (Phi) is 4.73. The normalized spacial score (nSPS) is 10.5. The molecule has 0 aliphatic heterocycles. The maximum absolute atomic E-state index is 12.4. The van der Waals surface area contributed by atoms with Crippen molar-refractivity contribution in [1.82, 2.24) is 4.57 Å². The van der Waals surface area contributed by atoms with Gasteiger partial charge in [-0.15, -0.1) is 11.3 Å². The second-order valence-electron chi connectivity index (χ2n) is 5.63. The average molecular weight is 350 g/mol. The van der Waals surface area contributed by atoms with Gasteiger partial charge in [-0.3, -0.25) is 0 Å². The van der Waals surface area contributed by atoms with Crippen molar-refractivity contribution in [3.05, 3.63) is 58.7 Å². The van der Waals surface area contributed by atoms with Crippen LogP contribution in [0.4, 0.5) is 0 Å². The molecule has 0 aliphatic carbocycles. The van der Waals surface area contributed by atoms with Crippen molar-refractivity contribution in [3.63, 3.8) is 0 Å². The first-order valence-electron chi connectivity index (χ1n) is 7.99. The molecule has 5 heteroatoms. The highest BCUT2D eigenvalue weighted by atomic mass is 32.1. The molecule has 0 unspecified atom stereocenters. The van der Waals surface area contributed by atoms with E-state index in [-0.39, 0.29) is 0 Å². The van der Waals surface area contributed by atoms with Gasteiger partial charge in [-0.2, -0.15) is 5.26 Å². The van der Waals surface area contributed by atoms with E-state index in [4.69, 9.17) is 4.74 Å². The third-order valence-corrected chi connectivity index (χ3v) is 5.17. The topological polar surface area (TPSA) is 55.0 Å². The highest BCUT2D eigenvalue weighted by molar-refractivity contribution is 7.13. The van der Waals surface area contributed by atoms with Crippen LogP contribution in [0.15, 0.2) is 41.8 Å². The zero-order chi connectivity index (χ0) is 18.0. The van der Waals surface area contributed by atoms with E-state index in [0.717, 1.165) is 16.8 Å². The number of carbonyl (C=O) groups is 1. The third-order valence-electron chi connectivity index (χ3n) is 4.25. The molecule has 0 N–H and O–H groups in total. The average Bonchev–Trinajstić information content (AvgIpc) is 3.23. The predicted octanol–water partition coefficient (Wildman–Crippen LogP) is 4.78. The SMILES string of the molecule is CCOC(=O)c1c(-c2ccc(-c3cccs3)cc2)c(C#N)c(C)n1C.